The van der Waals surface area contributed by atoms with E-state index in [0.717, 1.165) is 24.3 Å². The van der Waals surface area contributed by atoms with Gasteiger partial charge in [-0.15, -0.1) is 0 Å². The first-order valence-corrected chi connectivity index (χ1v) is 5.75. The topological polar surface area (TPSA) is 67.6 Å². The summed E-state index contributed by atoms with van der Waals surface area (Å²) in [5.74, 6) is 0. The summed E-state index contributed by atoms with van der Waals surface area (Å²) in [5.41, 5.74) is 1.65. The standard InChI is InChI=1S/C12H19N3O3/c1-13-10-7-11(9-12(8-10)15(16)17)14(2)5-4-6-18-3/h7-9,13H,4-6H2,1-3H3. The maximum atomic E-state index is 10.8. The maximum absolute atomic E-state index is 10.8. The average molecular weight is 253 g/mol. The molecule has 1 rings (SSSR count). The van der Waals surface area contributed by atoms with Crippen LogP contribution >= 0.6 is 0 Å². The van der Waals surface area contributed by atoms with Gasteiger partial charge in [-0.2, -0.15) is 0 Å². The fourth-order valence-electron chi connectivity index (χ4n) is 1.64. The van der Waals surface area contributed by atoms with Crippen molar-refractivity contribution in [3.8, 4) is 0 Å². The molecule has 0 unspecified atom stereocenters. The van der Waals surface area contributed by atoms with Gasteiger partial charge in [0.25, 0.3) is 5.69 Å². The van der Waals surface area contributed by atoms with Crippen molar-refractivity contribution in [2.75, 3.05) is 44.6 Å². The van der Waals surface area contributed by atoms with Crippen LogP contribution in [0.3, 0.4) is 0 Å². The molecule has 0 spiro atoms. The van der Waals surface area contributed by atoms with Gasteiger partial charge < -0.3 is 15.0 Å². The van der Waals surface area contributed by atoms with Gasteiger partial charge >= 0.3 is 0 Å². The first-order chi connectivity index (χ1) is 8.58. The Kier molecular flexibility index (Phi) is 5.38. The van der Waals surface area contributed by atoms with Crippen LogP contribution in [-0.4, -0.2) is 39.3 Å². The second-order valence-electron chi connectivity index (χ2n) is 4.01. The van der Waals surface area contributed by atoms with Gasteiger partial charge in [-0.1, -0.05) is 0 Å². The average Bonchev–Trinajstić information content (AvgIpc) is 2.38. The number of ether oxygens (including phenoxy) is 1. The quantitative estimate of drug-likeness (QED) is 0.458. The molecule has 0 amide bonds. The molecular formula is C12H19N3O3. The highest BCUT2D eigenvalue weighted by Crippen LogP contribution is 2.26. The van der Waals surface area contributed by atoms with Gasteiger partial charge in [0.05, 0.1) is 4.92 Å². The molecule has 0 atom stereocenters. The normalized spacial score (nSPS) is 10.2. The number of nitro benzene ring substituents is 1. The Balaban J connectivity index is 2.86. The zero-order valence-electron chi connectivity index (χ0n) is 11.0. The molecule has 100 valence electrons. The summed E-state index contributed by atoms with van der Waals surface area (Å²) >= 11 is 0. The van der Waals surface area contributed by atoms with Crippen molar-refractivity contribution in [2.45, 2.75) is 6.42 Å². The van der Waals surface area contributed by atoms with Gasteiger partial charge in [-0.25, -0.2) is 0 Å². The summed E-state index contributed by atoms with van der Waals surface area (Å²) in [4.78, 5) is 12.4. The summed E-state index contributed by atoms with van der Waals surface area (Å²) in [6, 6.07) is 4.99. The van der Waals surface area contributed by atoms with Crippen LogP contribution in [0.25, 0.3) is 0 Å². The third-order valence-corrected chi connectivity index (χ3v) is 2.68. The Hall–Kier alpha value is -1.82. The van der Waals surface area contributed by atoms with Gasteiger partial charge in [0.1, 0.15) is 0 Å². The highest BCUT2D eigenvalue weighted by atomic mass is 16.6. The number of nitrogens with one attached hydrogen (secondary N) is 1. The zero-order chi connectivity index (χ0) is 13.5. The number of rotatable bonds is 7. The van der Waals surface area contributed by atoms with E-state index in [0.29, 0.717) is 6.61 Å². The minimum Gasteiger partial charge on any atom is -0.388 e. The second-order valence-corrected chi connectivity index (χ2v) is 4.01. The number of hydrogen-bond acceptors (Lipinski definition) is 5. The molecule has 0 fully saturated rings. The number of benzene rings is 1. The molecule has 0 aliphatic rings. The Labute approximate surface area is 107 Å². The molecule has 0 aliphatic carbocycles. The number of nitro groups is 1. The van der Waals surface area contributed by atoms with Crippen molar-refractivity contribution < 1.29 is 9.66 Å². The molecular weight excluding hydrogens is 234 g/mol. The lowest BCUT2D eigenvalue weighted by atomic mass is 10.2. The van der Waals surface area contributed by atoms with Crippen LogP contribution in [0.1, 0.15) is 6.42 Å². The smallest absolute Gasteiger partial charge is 0.273 e. The van der Waals surface area contributed by atoms with Gasteiger partial charge in [0.15, 0.2) is 0 Å². The lowest BCUT2D eigenvalue weighted by molar-refractivity contribution is -0.384. The number of nitrogens with zero attached hydrogens (tertiary/aromatic N) is 2. The molecule has 0 radical (unpaired) electrons. The third kappa shape index (κ3) is 3.89. The van der Waals surface area contributed by atoms with Crippen molar-refractivity contribution in [2.24, 2.45) is 0 Å². The molecule has 0 bridgehead atoms. The van der Waals surface area contributed by atoms with E-state index in [9.17, 15) is 10.1 Å². The van der Waals surface area contributed by atoms with E-state index in [1.54, 1.807) is 20.2 Å². The molecule has 0 saturated heterocycles. The predicted octanol–water partition coefficient (Wildman–Crippen LogP) is 2.11. The number of hydrogen-bond donors (Lipinski definition) is 1. The summed E-state index contributed by atoms with van der Waals surface area (Å²) in [5, 5.41) is 13.8. The fraction of sp³-hybridized carbons (Fsp3) is 0.500. The molecule has 1 aromatic rings. The van der Waals surface area contributed by atoms with Gasteiger partial charge in [-0.05, 0) is 12.5 Å². The minimum absolute atomic E-state index is 0.0930. The highest BCUT2D eigenvalue weighted by molar-refractivity contribution is 5.64. The molecule has 1 N–H and O–H groups in total. The second kappa shape index (κ2) is 6.80. The molecule has 6 nitrogen and oxygen atoms in total. The lowest BCUT2D eigenvalue weighted by Crippen LogP contribution is -2.19. The van der Waals surface area contributed by atoms with Crippen molar-refractivity contribution in [1.29, 1.82) is 0 Å². The Morgan fingerprint density at radius 2 is 2.17 bits per heavy atom. The SMILES string of the molecule is CNc1cc(N(C)CCCOC)cc([N+](=O)[O-])c1. The van der Waals surface area contributed by atoms with Crippen LogP contribution in [0.15, 0.2) is 18.2 Å². The van der Waals surface area contributed by atoms with Gasteiger partial charge in [0, 0.05) is 57.9 Å². The molecule has 18 heavy (non-hydrogen) atoms. The van der Waals surface area contributed by atoms with Crippen molar-refractivity contribution in [3.63, 3.8) is 0 Å². The molecule has 1 aromatic carbocycles. The summed E-state index contributed by atoms with van der Waals surface area (Å²) in [6.45, 7) is 1.47. The van der Waals surface area contributed by atoms with E-state index < -0.39 is 0 Å². The van der Waals surface area contributed by atoms with Crippen LogP contribution in [-0.2, 0) is 4.74 Å². The summed E-state index contributed by atoms with van der Waals surface area (Å²) in [6.07, 6.45) is 0.880. The molecule has 0 saturated carbocycles. The first kappa shape index (κ1) is 14.2. The fourth-order valence-corrected chi connectivity index (χ4v) is 1.64. The number of anilines is 2. The van der Waals surface area contributed by atoms with E-state index in [1.165, 1.54) is 6.07 Å². The van der Waals surface area contributed by atoms with Crippen LogP contribution in [0.5, 0.6) is 0 Å². The molecule has 0 heterocycles. The van der Waals surface area contributed by atoms with Gasteiger partial charge in [-0.3, -0.25) is 10.1 Å². The van der Waals surface area contributed by atoms with E-state index >= 15 is 0 Å². The Morgan fingerprint density at radius 1 is 1.44 bits per heavy atom. The predicted molar refractivity (Wildman–Crippen MR) is 72.4 cm³/mol. The largest absolute Gasteiger partial charge is 0.388 e. The minimum atomic E-state index is -0.382. The molecule has 6 heteroatoms. The van der Waals surface area contributed by atoms with Crippen LogP contribution in [0, 0.1) is 10.1 Å². The number of non-ortho nitro benzene ring substituents is 1. The van der Waals surface area contributed by atoms with Crippen LogP contribution in [0.4, 0.5) is 17.1 Å². The van der Waals surface area contributed by atoms with E-state index in [-0.39, 0.29) is 10.6 Å². The monoisotopic (exact) mass is 253 g/mol. The van der Waals surface area contributed by atoms with Gasteiger partial charge in [0.2, 0.25) is 0 Å². The number of methoxy groups -OCH3 is 1. The van der Waals surface area contributed by atoms with Crippen LogP contribution in [0.2, 0.25) is 0 Å². The maximum Gasteiger partial charge on any atom is 0.273 e. The summed E-state index contributed by atoms with van der Waals surface area (Å²) in [7, 11) is 5.31. The lowest BCUT2D eigenvalue weighted by Gasteiger charge is -2.19. The highest BCUT2D eigenvalue weighted by Gasteiger charge is 2.11. The first-order valence-electron chi connectivity index (χ1n) is 5.75. The Bertz CT molecular complexity index is 410. The summed E-state index contributed by atoms with van der Waals surface area (Å²) < 4.78 is 4.99. The van der Waals surface area contributed by atoms with E-state index in [4.69, 9.17) is 4.74 Å². The van der Waals surface area contributed by atoms with E-state index in [1.807, 2.05) is 18.0 Å². The van der Waals surface area contributed by atoms with Crippen molar-refractivity contribution in [3.05, 3.63) is 28.3 Å². The van der Waals surface area contributed by atoms with E-state index in [2.05, 4.69) is 5.32 Å². The van der Waals surface area contributed by atoms with Crippen molar-refractivity contribution in [1.82, 2.24) is 0 Å². The zero-order valence-corrected chi connectivity index (χ0v) is 11.0. The molecule has 0 aromatic heterocycles. The Morgan fingerprint density at radius 3 is 2.72 bits per heavy atom. The molecule has 0 aliphatic heterocycles. The third-order valence-electron chi connectivity index (χ3n) is 2.68. The van der Waals surface area contributed by atoms with Crippen LogP contribution < -0.4 is 10.2 Å². The van der Waals surface area contributed by atoms with Crippen molar-refractivity contribution >= 4 is 17.1 Å².